The summed E-state index contributed by atoms with van der Waals surface area (Å²) in [7, 11) is 0. The van der Waals surface area contributed by atoms with Crippen molar-refractivity contribution in [1.82, 2.24) is 14.8 Å². The molecule has 1 aromatic heterocycles. The number of nitrogens with one attached hydrogen (secondary N) is 1. The van der Waals surface area contributed by atoms with E-state index in [1.807, 2.05) is 18.7 Å². The van der Waals surface area contributed by atoms with Gasteiger partial charge in [-0.1, -0.05) is 13.8 Å². The molecule has 0 saturated carbocycles. The minimum absolute atomic E-state index is 0.285. The molecule has 1 aromatic rings. The summed E-state index contributed by atoms with van der Waals surface area (Å²) in [6.07, 6.45) is 4.47. The fraction of sp³-hybridized carbons (Fsp3) is 0.800. The SMILES string of the molecule is CCC(CC)(Cn1c(C)n[nH]c1=S)SC. The van der Waals surface area contributed by atoms with Crippen molar-refractivity contribution in [3.05, 3.63) is 10.6 Å². The first kappa shape index (κ1) is 12.8. The fourth-order valence-corrected chi connectivity index (χ4v) is 2.78. The zero-order valence-corrected chi connectivity index (χ0v) is 11.5. The van der Waals surface area contributed by atoms with Crippen LogP contribution in [0.1, 0.15) is 32.5 Å². The molecule has 15 heavy (non-hydrogen) atoms. The van der Waals surface area contributed by atoms with Crippen LogP contribution in [0.4, 0.5) is 0 Å². The quantitative estimate of drug-likeness (QED) is 0.809. The molecule has 0 unspecified atom stereocenters. The highest BCUT2D eigenvalue weighted by Gasteiger charge is 2.26. The predicted molar refractivity (Wildman–Crippen MR) is 69.0 cm³/mol. The van der Waals surface area contributed by atoms with Gasteiger partial charge in [0.05, 0.1) is 0 Å². The average molecular weight is 245 g/mol. The molecule has 0 aliphatic heterocycles. The number of thioether (sulfide) groups is 1. The lowest BCUT2D eigenvalue weighted by atomic mass is 10.0. The number of nitrogens with zero attached hydrogens (tertiary/aromatic N) is 2. The smallest absolute Gasteiger partial charge is 0.195 e. The van der Waals surface area contributed by atoms with Gasteiger partial charge in [-0.2, -0.15) is 16.9 Å². The Labute approximate surface area is 101 Å². The molecule has 0 spiro atoms. The van der Waals surface area contributed by atoms with E-state index in [0.29, 0.717) is 0 Å². The van der Waals surface area contributed by atoms with Crippen LogP contribution in [0.15, 0.2) is 0 Å². The van der Waals surface area contributed by atoms with E-state index < -0.39 is 0 Å². The molecular weight excluding hydrogens is 226 g/mol. The normalized spacial score (nSPS) is 12.0. The number of hydrogen-bond acceptors (Lipinski definition) is 3. The zero-order chi connectivity index (χ0) is 11.5. The highest BCUT2D eigenvalue weighted by Crippen LogP contribution is 2.32. The first-order valence-corrected chi connectivity index (χ1v) is 6.89. The molecule has 1 heterocycles. The minimum Gasteiger partial charge on any atom is -0.303 e. The van der Waals surface area contributed by atoms with E-state index in [4.69, 9.17) is 12.2 Å². The molecule has 0 aromatic carbocycles. The molecule has 1 N–H and O–H groups in total. The second-order valence-corrected chi connectivity index (χ2v) is 5.42. The van der Waals surface area contributed by atoms with Crippen molar-refractivity contribution in [3.8, 4) is 0 Å². The van der Waals surface area contributed by atoms with Gasteiger partial charge in [-0.25, -0.2) is 0 Å². The molecule has 86 valence electrons. The maximum Gasteiger partial charge on any atom is 0.195 e. The van der Waals surface area contributed by atoms with Crippen LogP contribution in [-0.4, -0.2) is 25.8 Å². The van der Waals surface area contributed by atoms with Crippen LogP contribution in [-0.2, 0) is 6.54 Å². The average Bonchev–Trinajstić information content (AvgIpc) is 2.57. The van der Waals surface area contributed by atoms with Crippen LogP contribution < -0.4 is 0 Å². The molecular formula is C10H19N3S2. The number of aromatic amines is 1. The van der Waals surface area contributed by atoms with E-state index >= 15 is 0 Å². The van der Waals surface area contributed by atoms with Crippen molar-refractivity contribution in [3.63, 3.8) is 0 Å². The Morgan fingerprint density at radius 3 is 2.40 bits per heavy atom. The number of hydrogen-bond donors (Lipinski definition) is 1. The minimum atomic E-state index is 0.285. The number of H-pyrrole nitrogens is 1. The van der Waals surface area contributed by atoms with Gasteiger partial charge in [-0.3, -0.25) is 5.10 Å². The monoisotopic (exact) mass is 245 g/mol. The van der Waals surface area contributed by atoms with E-state index in [2.05, 4.69) is 34.9 Å². The molecule has 0 bridgehead atoms. The van der Waals surface area contributed by atoms with E-state index in [9.17, 15) is 0 Å². The second kappa shape index (κ2) is 5.16. The molecule has 5 heteroatoms. The third-order valence-electron chi connectivity index (χ3n) is 3.12. The van der Waals surface area contributed by atoms with Crippen molar-refractivity contribution < 1.29 is 0 Å². The Bertz CT molecular complexity index is 355. The van der Waals surface area contributed by atoms with Gasteiger partial charge in [0.25, 0.3) is 0 Å². The van der Waals surface area contributed by atoms with Crippen molar-refractivity contribution in [1.29, 1.82) is 0 Å². The molecule has 1 rings (SSSR count). The van der Waals surface area contributed by atoms with Crippen molar-refractivity contribution in [2.75, 3.05) is 6.26 Å². The molecule has 0 atom stereocenters. The maximum absolute atomic E-state index is 5.22. The van der Waals surface area contributed by atoms with Crippen LogP contribution in [0.3, 0.4) is 0 Å². The molecule has 3 nitrogen and oxygen atoms in total. The number of aryl methyl sites for hydroxylation is 1. The van der Waals surface area contributed by atoms with Crippen LogP contribution >= 0.6 is 24.0 Å². The van der Waals surface area contributed by atoms with Crippen LogP contribution in [0.2, 0.25) is 0 Å². The summed E-state index contributed by atoms with van der Waals surface area (Å²) in [6.45, 7) is 7.41. The molecule has 0 radical (unpaired) electrons. The number of aromatic nitrogens is 3. The van der Waals surface area contributed by atoms with Crippen molar-refractivity contribution in [2.24, 2.45) is 0 Å². The topological polar surface area (TPSA) is 33.6 Å². The Morgan fingerprint density at radius 2 is 2.07 bits per heavy atom. The van der Waals surface area contributed by atoms with E-state index in [1.54, 1.807) is 0 Å². The second-order valence-electron chi connectivity index (χ2n) is 3.76. The van der Waals surface area contributed by atoms with Gasteiger partial charge in [-0.15, -0.1) is 0 Å². The Balaban J connectivity index is 2.97. The van der Waals surface area contributed by atoms with Crippen LogP contribution in [0.5, 0.6) is 0 Å². The first-order chi connectivity index (χ1) is 7.08. The van der Waals surface area contributed by atoms with Crippen LogP contribution in [0, 0.1) is 11.7 Å². The fourth-order valence-electron chi connectivity index (χ4n) is 1.70. The summed E-state index contributed by atoms with van der Waals surface area (Å²) in [5, 5.41) is 6.98. The summed E-state index contributed by atoms with van der Waals surface area (Å²) < 4.78 is 3.11. The molecule has 0 aliphatic rings. The van der Waals surface area contributed by atoms with E-state index in [1.165, 1.54) is 0 Å². The van der Waals surface area contributed by atoms with E-state index in [-0.39, 0.29) is 4.75 Å². The van der Waals surface area contributed by atoms with Gasteiger partial charge in [0, 0.05) is 11.3 Å². The highest BCUT2D eigenvalue weighted by molar-refractivity contribution is 8.00. The molecule has 0 fully saturated rings. The van der Waals surface area contributed by atoms with Crippen LogP contribution in [0.25, 0.3) is 0 Å². The molecule has 0 amide bonds. The Kier molecular flexibility index (Phi) is 4.40. The zero-order valence-electron chi connectivity index (χ0n) is 9.83. The Morgan fingerprint density at radius 1 is 1.47 bits per heavy atom. The van der Waals surface area contributed by atoms with Gasteiger partial charge in [0.2, 0.25) is 0 Å². The third-order valence-corrected chi connectivity index (χ3v) is 5.00. The van der Waals surface area contributed by atoms with E-state index in [0.717, 1.165) is 30.0 Å². The molecule has 0 aliphatic carbocycles. The lowest BCUT2D eigenvalue weighted by Crippen LogP contribution is -2.29. The predicted octanol–water partition coefficient (Wildman–Crippen LogP) is 3.17. The van der Waals surface area contributed by atoms with Crippen molar-refractivity contribution in [2.45, 2.75) is 44.9 Å². The van der Waals surface area contributed by atoms with Gasteiger partial charge >= 0.3 is 0 Å². The standard InChI is InChI=1S/C10H19N3S2/c1-5-10(6-2,15-4)7-13-8(3)11-12-9(13)14/h5-7H2,1-4H3,(H,12,14). The highest BCUT2D eigenvalue weighted by atomic mass is 32.2. The van der Waals surface area contributed by atoms with Gasteiger partial charge in [0.1, 0.15) is 5.82 Å². The van der Waals surface area contributed by atoms with Gasteiger partial charge in [0.15, 0.2) is 4.77 Å². The summed E-state index contributed by atoms with van der Waals surface area (Å²) in [6, 6.07) is 0. The summed E-state index contributed by atoms with van der Waals surface area (Å²) >= 11 is 7.14. The Hall–Kier alpha value is -0.290. The summed E-state index contributed by atoms with van der Waals surface area (Å²) in [4.78, 5) is 0. The van der Waals surface area contributed by atoms with Gasteiger partial charge in [-0.05, 0) is 38.2 Å². The summed E-state index contributed by atoms with van der Waals surface area (Å²) in [5.74, 6) is 0.973. The lowest BCUT2D eigenvalue weighted by molar-refractivity contribution is 0.457. The lowest BCUT2D eigenvalue weighted by Gasteiger charge is -2.30. The van der Waals surface area contributed by atoms with Crippen molar-refractivity contribution >= 4 is 24.0 Å². The first-order valence-electron chi connectivity index (χ1n) is 5.25. The largest absolute Gasteiger partial charge is 0.303 e. The number of rotatable bonds is 5. The third kappa shape index (κ3) is 2.64. The summed E-state index contributed by atoms with van der Waals surface area (Å²) in [5.41, 5.74) is 0. The van der Waals surface area contributed by atoms with Gasteiger partial charge < -0.3 is 4.57 Å². The maximum atomic E-state index is 5.22. The molecule has 0 saturated heterocycles.